The molecule has 2 heterocycles. The predicted octanol–water partition coefficient (Wildman–Crippen LogP) is 7.25. The molecule has 2 aromatic carbocycles. The number of unbranched alkanes of at least 4 members (excludes halogenated alkanes) is 1. The van der Waals surface area contributed by atoms with Gasteiger partial charge in [0.15, 0.2) is 0 Å². The van der Waals surface area contributed by atoms with Crippen LogP contribution in [-0.4, -0.2) is 27.8 Å². The van der Waals surface area contributed by atoms with E-state index in [1.165, 1.54) is 36.3 Å². The van der Waals surface area contributed by atoms with E-state index in [1.54, 1.807) is 0 Å². The van der Waals surface area contributed by atoms with Gasteiger partial charge in [0, 0.05) is 11.5 Å². The van der Waals surface area contributed by atoms with Crippen molar-refractivity contribution < 1.29 is 9.53 Å². The molecule has 0 aliphatic carbocycles. The minimum atomic E-state index is -0.981. The lowest BCUT2D eigenvalue weighted by atomic mass is 9.75. The fourth-order valence-corrected chi connectivity index (χ4v) is 6.07. The van der Waals surface area contributed by atoms with E-state index < -0.39 is 23.5 Å². The number of benzene rings is 2. The summed E-state index contributed by atoms with van der Waals surface area (Å²) in [6.07, 6.45) is 9.91. The molecular weight excluding hydrogens is 524 g/mol. The standard InChI is InChI=1S/C35H40N4O3/c1-4-15-25(16-5-2)17-13-14-22-28-31-30(26-18-9-7-10-19-26)32(34(40)42-23-6-3)29(24-36)37-33(31)39(35(41)38-28)27-20-11-8-12-21-27/h6-12,18-21,25,30,32H,3-5,13-17,22-23H2,1-2H3. The highest BCUT2D eigenvalue weighted by Crippen LogP contribution is 2.44. The Morgan fingerprint density at radius 3 is 2.33 bits per heavy atom. The molecule has 0 fully saturated rings. The number of nitriles is 1. The van der Waals surface area contributed by atoms with E-state index in [9.17, 15) is 14.9 Å². The third kappa shape index (κ3) is 6.94. The van der Waals surface area contributed by atoms with Gasteiger partial charge in [-0.1, -0.05) is 114 Å². The summed E-state index contributed by atoms with van der Waals surface area (Å²) >= 11 is 0. The fraction of sp³-hybridized carbons (Fsp3) is 0.400. The van der Waals surface area contributed by atoms with E-state index in [2.05, 4.69) is 31.5 Å². The lowest BCUT2D eigenvalue weighted by Crippen LogP contribution is -2.37. The van der Waals surface area contributed by atoms with E-state index >= 15 is 0 Å². The van der Waals surface area contributed by atoms with Crippen molar-refractivity contribution in [3.05, 3.63) is 101 Å². The average Bonchev–Trinajstić information content (AvgIpc) is 3.01. The van der Waals surface area contributed by atoms with Crippen LogP contribution >= 0.6 is 0 Å². The van der Waals surface area contributed by atoms with E-state index in [4.69, 9.17) is 9.73 Å². The van der Waals surface area contributed by atoms with Gasteiger partial charge in [0.25, 0.3) is 0 Å². The molecule has 1 aromatic heterocycles. The number of carbonyl (C=O) groups excluding carboxylic acids is 1. The molecule has 7 nitrogen and oxygen atoms in total. The molecular formula is C35H40N4O3. The Balaban J connectivity index is 1.87. The molecule has 0 saturated heterocycles. The summed E-state index contributed by atoms with van der Waals surface area (Å²) in [4.78, 5) is 36.5. The van der Waals surface area contributed by atoms with E-state index in [0.717, 1.165) is 24.8 Å². The first-order valence-corrected chi connectivity index (χ1v) is 15.1. The SMILES string of the molecule is C=CCOC(=O)C1C(C#N)=Nc2c(c(CCCCC(CCC)CCC)nc(=O)n2-c2ccccc2)C1c1ccccc1. The molecule has 218 valence electrons. The average molecular weight is 565 g/mol. The molecule has 0 bridgehead atoms. The Morgan fingerprint density at radius 2 is 1.71 bits per heavy atom. The summed E-state index contributed by atoms with van der Waals surface area (Å²) < 4.78 is 6.96. The Bertz CT molecular complexity index is 1480. The molecule has 2 unspecified atom stereocenters. The van der Waals surface area contributed by atoms with Crippen LogP contribution in [0.5, 0.6) is 0 Å². The largest absolute Gasteiger partial charge is 0.461 e. The van der Waals surface area contributed by atoms with Gasteiger partial charge in [-0.25, -0.2) is 14.4 Å². The lowest BCUT2D eigenvalue weighted by Gasteiger charge is -2.32. The zero-order chi connectivity index (χ0) is 29.9. The molecule has 0 N–H and O–H groups in total. The number of esters is 1. The Hall–Kier alpha value is -4.31. The molecule has 1 aliphatic rings. The fourth-order valence-electron chi connectivity index (χ4n) is 6.07. The van der Waals surface area contributed by atoms with Gasteiger partial charge in [-0.3, -0.25) is 4.79 Å². The van der Waals surface area contributed by atoms with Crippen molar-refractivity contribution in [3.8, 4) is 11.8 Å². The number of nitrogens with zero attached hydrogens (tertiary/aromatic N) is 4. The molecule has 7 heteroatoms. The maximum atomic E-state index is 13.6. The van der Waals surface area contributed by atoms with Crippen LogP contribution in [0.1, 0.15) is 81.5 Å². The smallest absolute Gasteiger partial charge is 0.354 e. The van der Waals surface area contributed by atoms with Gasteiger partial charge in [0.05, 0.1) is 11.4 Å². The number of carbonyl (C=O) groups is 1. The number of fused-ring (bicyclic) bond motifs is 1. The first-order chi connectivity index (χ1) is 20.5. The van der Waals surface area contributed by atoms with Crippen LogP contribution in [0, 0.1) is 23.2 Å². The number of ether oxygens (including phenoxy) is 1. The van der Waals surface area contributed by atoms with Crippen molar-refractivity contribution in [1.82, 2.24) is 9.55 Å². The van der Waals surface area contributed by atoms with Gasteiger partial charge in [-0.15, -0.1) is 0 Å². The number of aromatic nitrogens is 2. The van der Waals surface area contributed by atoms with Gasteiger partial charge < -0.3 is 4.74 Å². The van der Waals surface area contributed by atoms with Crippen LogP contribution in [0.3, 0.4) is 0 Å². The van der Waals surface area contributed by atoms with Crippen molar-refractivity contribution in [2.45, 2.75) is 71.1 Å². The van der Waals surface area contributed by atoms with E-state index in [-0.39, 0.29) is 12.3 Å². The van der Waals surface area contributed by atoms with Crippen LogP contribution < -0.4 is 5.69 Å². The number of aryl methyl sites for hydroxylation is 1. The highest BCUT2D eigenvalue weighted by Gasteiger charge is 2.43. The second-order valence-electron chi connectivity index (χ2n) is 10.8. The van der Waals surface area contributed by atoms with Crippen molar-refractivity contribution in [2.75, 3.05) is 6.61 Å². The quantitative estimate of drug-likeness (QED) is 0.117. The van der Waals surface area contributed by atoms with Gasteiger partial charge in [-0.2, -0.15) is 10.2 Å². The Morgan fingerprint density at radius 1 is 1.05 bits per heavy atom. The van der Waals surface area contributed by atoms with Gasteiger partial charge >= 0.3 is 11.7 Å². The minimum Gasteiger partial charge on any atom is -0.461 e. The summed E-state index contributed by atoms with van der Waals surface area (Å²) in [6.45, 7) is 8.14. The topological polar surface area (TPSA) is 97.3 Å². The molecule has 42 heavy (non-hydrogen) atoms. The van der Waals surface area contributed by atoms with Crippen LogP contribution in [0.2, 0.25) is 0 Å². The number of para-hydroxylation sites is 1. The monoisotopic (exact) mass is 564 g/mol. The normalized spacial score (nSPS) is 15.9. The summed E-state index contributed by atoms with van der Waals surface area (Å²) in [5.41, 5.74) is 2.30. The highest BCUT2D eigenvalue weighted by atomic mass is 16.5. The number of hydrogen-bond acceptors (Lipinski definition) is 6. The molecule has 3 aromatic rings. The Kier molecular flexibility index (Phi) is 11.0. The maximum Gasteiger partial charge on any atom is 0.354 e. The molecule has 2 atom stereocenters. The molecule has 1 aliphatic heterocycles. The highest BCUT2D eigenvalue weighted by molar-refractivity contribution is 6.14. The maximum absolute atomic E-state index is 13.6. The lowest BCUT2D eigenvalue weighted by molar-refractivity contribution is -0.145. The van der Waals surface area contributed by atoms with Gasteiger partial charge in [-0.05, 0) is 36.5 Å². The second-order valence-corrected chi connectivity index (χ2v) is 10.8. The van der Waals surface area contributed by atoms with Crippen LogP contribution in [0.15, 0.2) is 83.1 Å². The summed E-state index contributed by atoms with van der Waals surface area (Å²) in [7, 11) is 0. The van der Waals surface area contributed by atoms with E-state index in [1.807, 2.05) is 60.7 Å². The summed E-state index contributed by atoms with van der Waals surface area (Å²) in [5.74, 6) is -1.08. The number of rotatable bonds is 14. The van der Waals surface area contributed by atoms with Gasteiger partial charge in [0.2, 0.25) is 0 Å². The second kappa shape index (κ2) is 15.1. The molecule has 0 spiro atoms. The first kappa shape index (κ1) is 30.6. The third-order valence-electron chi connectivity index (χ3n) is 7.91. The van der Waals surface area contributed by atoms with E-state index in [0.29, 0.717) is 35.1 Å². The van der Waals surface area contributed by atoms with Crippen molar-refractivity contribution in [2.24, 2.45) is 16.8 Å². The van der Waals surface area contributed by atoms with Crippen molar-refractivity contribution in [3.63, 3.8) is 0 Å². The zero-order valence-corrected chi connectivity index (χ0v) is 24.7. The Labute approximate surface area is 248 Å². The number of hydrogen-bond donors (Lipinski definition) is 0. The predicted molar refractivity (Wildman–Crippen MR) is 166 cm³/mol. The molecule has 0 amide bonds. The number of aliphatic imine (C=N–C) groups is 1. The van der Waals surface area contributed by atoms with Crippen molar-refractivity contribution in [1.29, 1.82) is 5.26 Å². The molecule has 0 radical (unpaired) electrons. The van der Waals surface area contributed by atoms with Crippen LogP contribution in [-0.2, 0) is 16.0 Å². The summed E-state index contributed by atoms with van der Waals surface area (Å²) in [6, 6.07) is 20.9. The zero-order valence-electron chi connectivity index (χ0n) is 24.7. The molecule has 4 rings (SSSR count). The first-order valence-electron chi connectivity index (χ1n) is 15.1. The van der Waals surface area contributed by atoms with Gasteiger partial charge in [0.1, 0.15) is 30.1 Å². The third-order valence-corrected chi connectivity index (χ3v) is 7.91. The van der Waals surface area contributed by atoms with Crippen LogP contribution in [0.4, 0.5) is 5.82 Å². The van der Waals surface area contributed by atoms with Crippen molar-refractivity contribution >= 4 is 17.5 Å². The molecule has 0 saturated carbocycles. The van der Waals surface area contributed by atoms with Crippen LogP contribution in [0.25, 0.3) is 5.69 Å². The summed E-state index contributed by atoms with van der Waals surface area (Å²) in [5, 5.41) is 10.2. The minimum absolute atomic E-state index is 0.00798.